The lowest BCUT2D eigenvalue weighted by molar-refractivity contribution is 0.919. The van der Waals surface area contributed by atoms with Gasteiger partial charge in [-0.1, -0.05) is 328 Å². The van der Waals surface area contributed by atoms with Gasteiger partial charge in [0.15, 0.2) is 34.9 Å². The van der Waals surface area contributed by atoms with E-state index >= 15 is 0 Å². The molecule has 13 aromatic carbocycles. The van der Waals surface area contributed by atoms with Crippen LogP contribution < -0.4 is 0 Å². The molecule has 0 N–H and O–H groups in total. The first kappa shape index (κ1) is 60.1. The molecule has 0 unspecified atom stereocenters. The predicted molar refractivity (Wildman–Crippen MR) is 396 cm³/mol. The molecule has 458 valence electrons. The second kappa shape index (κ2) is 27.6. The van der Waals surface area contributed by atoms with Crippen molar-refractivity contribution in [3.63, 3.8) is 0 Å². The van der Waals surface area contributed by atoms with Gasteiger partial charge in [-0.2, -0.15) is 0 Å². The molecule has 15 rings (SSSR count). The Labute approximate surface area is 562 Å². The molecule has 6 nitrogen and oxygen atoms in total. The number of hydrogen-bond donors (Lipinski definition) is 0. The highest BCUT2D eigenvalue weighted by atomic mass is 15.0. The van der Waals surface area contributed by atoms with Gasteiger partial charge >= 0.3 is 0 Å². The van der Waals surface area contributed by atoms with Gasteiger partial charge in [0.25, 0.3) is 0 Å². The Hall–Kier alpha value is -12.1. The van der Waals surface area contributed by atoms with Crippen LogP contribution in [0, 0.1) is 13.8 Å². The zero-order chi connectivity index (χ0) is 64.6. The second-order valence-electron chi connectivity index (χ2n) is 24.6. The smallest absolute Gasteiger partial charge is 0.164 e. The quantitative estimate of drug-likeness (QED) is 0.0852. The van der Waals surface area contributed by atoms with Crippen molar-refractivity contribution >= 4 is 0 Å². The Bertz CT molecular complexity index is 4590. The molecule has 0 aliphatic rings. The fourth-order valence-corrected chi connectivity index (χ4v) is 12.7. The van der Waals surface area contributed by atoms with Gasteiger partial charge in [0.1, 0.15) is 0 Å². The second-order valence-corrected chi connectivity index (χ2v) is 24.6. The lowest BCUT2D eigenvalue weighted by atomic mass is 9.92. The molecule has 0 radical (unpaired) electrons. The molecular weight excluding hydrogens is 1170 g/mol. The van der Waals surface area contributed by atoms with Gasteiger partial charge in [-0.05, 0) is 140 Å². The van der Waals surface area contributed by atoms with Crippen LogP contribution in [0.4, 0.5) is 0 Å². The van der Waals surface area contributed by atoms with E-state index in [4.69, 9.17) is 29.9 Å². The minimum atomic E-state index is 0.632. The Morgan fingerprint density at radius 2 is 0.323 bits per heavy atom. The van der Waals surface area contributed by atoms with E-state index in [1.54, 1.807) is 0 Å². The summed E-state index contributed by atoms with van der Waals surface area (Å²) in [5.74, 6) is 3.80. The maximum atomic E-state index is 5.08. The molecule has 96 heavy (non-hydrogen) atoms. The van der Waals surface area contributed by atoms with Crippen LogP contribution >= 0.6 is 0 Å². The van der Waals surface area contributed by atoms with Crippen LogP contribution in [0.25, 0.3) is 135 Å². The minimum Gasteiger partial charge on any atom is -0.208 e. The van der Waals surface area contributed by atoms with E-state index in [-0.39, 0.29) is 0 Å². The summed E-state index contributed by atoms with van der Waals surface area (Å²) < 4.78 is 0. The SMILES string of the molecule is Cc1cc(CCc2ccc(-c3ccc(-c4nc(-c5ccc(-c6ccccc6)cc5)nc(-c5ccc(-c6ccccc6)cc5)n4)cc3)cc2)c(C)cc1CCc1ccc(-c2ccc(-c3nc(-c4ccc(-c5ccccc5)cc4)nc(-c4ccc(-c5ccccc5)cc4)n3)cc2)cc1. The van der Waals surface area contributed by atoms with Crippen molar-refractivity contribution in [2.24, 2.45) is 0 Å². The minimum absolute atomic E-state index is 0.632. The standard InChI is InChI=1S/C90H68N6/c1-61-59-84(34-28-64-25-31-70(32-26-64)76-45-57-82(58-46-76)90-95-87(79-51-39-73(40-52-79)67-19-11-5-12-20-67)92-88(96-90)80-53-41-74(42-54-80)68-21-13-6-14-22-68)62(2)60-83(61)33-27-63-23-29-69(30-24-63)75-43-55-81(56-44-75)89-93-85(77-47-35-71(36-48-77)65-15-7-3-8-16-65)91-86(94-89)78-49-37-72(38-50-78)66-17-9-4-10-18-66/h3-26,29-32,35-60H,27-28,33-34H2,1-2H3. The molecule has 0 aliphatic heterocycles. The molecule has 2 aromatic heterocycles. The van der Waals surface area contributed by atoms with Crippen LogP contribution in [0.2, 0.25) is 0 Å². The number of rotatable bonds is 18. The lowest BCUT2D eigenvalue weighted by Crippen LogP contribution is -2.00. The highest BCUT2D eigenvalue weighted by Crippen LogP contribution is 2.34. The number of nitrogens with zero attached hydrogens (tertiary/aromatic N) is 6. The molecule has 6 heteroatoms. The largest absolute Gasteiger partial charge is 0.208 e. The van der Waals surface area contributed by atoms with Crippen molar-refractivity contribution in [3.8, 4) is 135 Å². The van der Waals surface area contributed by atoms with E-state index in [0.29, 0.717) is 34.9 Å². The average molecular weight is 1230 g/mol. The fourth-order valence-electron chi connectivity index (χ4n) is 12.7. The van der Waals surface area contributed by atoms with Crippen molar-refractivity contribution in [1.29, 1.82) is 0 Å². The van der Waals surface area contributed by atoms with Crippen LogP contribution in [0.3, 0.4) is 0 Å². The Morgan fingerprint density at radius 1 is 0.167 bits per heavy atom. The number of hydrogen-bond acceptors (Lipinski definition) is 6. The van der Waals surface area contributed by atoms with Gasteiger partial charge in [0, 0.05) is 33.4 Å². The van der Waals surface area contributed by atoms with E-state index in [1.165, 1.54) is 66.8 Å². The molecule has 2 heterocycles. The first-order valence-electron chi connectivity index (χ1n) is 33.0. The van der Waals surface area contributed by atoms with Gasteiger partial charge in [0.05, 0.1) is 0 Å². The molecule has 0 aliphatic carbocycles. The van der Waals surface area contributed by atoms with E-state index in [0.717, 1.165) is 92.4 Å². The fraction of sp³-hybridized carbons (Fsp3) is 0.0667. The van der Waals surface area contributed by atoms with Crippen LogP contribution in [-0.4, -0.2) is 29.9 Å². The van der Waals surface area contributed by atoms with Crippen molar-refractivity contribution in [3.05, 3.63) is 361 Å². The first-order chi connectivity index (χ1) is 47.3. The van der Waals surface area contributed by atoms with Crippen LogP contribution in [0.5, 0.6) is 0 Å². The summed E-state index contributed by atoms with van der Waals surface area (Å²) in [4.78, 5) is 30.4. The predicted octanol–water partition coefficient (Wildman–Crippen LogP) is 22.2. The Balaban J connectivity index is 0.585. The Morgan fingerprint density at radius 3 is 0.510 bits per heavy atom. The van der Waals surface area contributed by atoms with Gasteiger partial charge in [-0.3, -0.25) is 0 Å². The van der Waals surface area contributed by atoms with Crippen LogP contribution in [0.15, 0.2) is 328 Å². The third kappa shape index (κ3) is 13.7. The van der Waals surface area contributed by atoms with Crippen molar-refractivity contribution in [2.75, 3.05) is 0 Å². The van der Waals surface area contributed by atoms with E-state index < -0.39 is 0 Å². The molecule has 0 spiro atoms. The van der Waals surface area contributed by atoms with Crippen molar-refractivity contribution < 1.29 is 0 Å². The number of aromatic nitrogens is 6. The lowest BCUT2D eigenvalue weighted by Gasteiger charge is -2.13. The zero-order valence-electron chi connectivity index (χ0n) is 53.7. The topological polar surface area (TPSA) is 77.3 Å². The van der Waals surface area contributed by atoms with E-state index in [2.05, 4.69) is 317 Å². The van der Waals surface area contributed by atoms with Gasteiger partial charge in [-0.15, -0.1) is 0 Å². The van der Waals surface area contributed by atoms with E-state index in [9.17, 15) is 0 Å². The summed E-state index contributed by atoms with van der Waals surface area (Å²) >= 11 is 0. The van der Waals surface area contributed by atoms with Gasteiger partial charge < -0.3 is 0 Å². The number of aryl methyl sites for hydroxylation is 6. The van der Waals surface area contributed by atoms with Crippen LogP contribution in [-0.2, 0) is 25.7 Å². The van der Waals surface area contributed by atoms with Crippen molar-refractivity contribution in [2.45, 2.75) is 39.5 Å². The molecule has 15 aromatic rings. The van der Waals surface area contributed by atoms with Crippen molar-refractivity contribution in [1.82, 2.24) is 29.9 Å². The molecule has 0 saturated heterocycles. The Kier molecular flexibility index (Phi) is 17.3. The highest BCUT2D eigenvalue weighted by Gasteiger charge is 2.17. The number of benzene rings is 13. The summed E-state index contributed by atoms with van der Waals surface area (Å²) in [5.41, 5.74) is 27.6. The summed E-state index contributed by atoms with van der Waals surface area (Å²) in [5, 5.41) is 0. The normalized spacial score (nSPS) is 11.2. The maximum Gasteiger partial charge on any atom is 0.164 e. The molecule has 0 bridgehead atoms. The maximum absolute atomic E-state index is 5.08. The zero-order valence-corrected chi connectivity index (χ0v) is 53.7. The molecule has 0 atom stereocenters. The molecule has 0 saturated carbocycles. The monoisotopic (exact) mass is 1230 g/mol. The third-order valence-corrected chi connectivity index (χ3v) is 18.3. The van der Waals surface area contributed by atoms with E-state index in [1.807, 2.05) is 24.3 Å². The molecular formula is C90H68N6. The summed E-state index contributed by atoms with van der Waals surface area (Å²) in [7, 11) is 0. The average Bonchev–Trinajstić information content (AvgIpc) is 0.915. The van der Waals surface area contributed by atoms with Gasteiger partial charge in [-0.25, -0.2) is 29.9 Å². The third-order valence-electron chi connectivity index (χ3n) is 18.3. The highest BCUT2D eigenvalue weighted by molar-refractivity contribution is 5.77. The summed E-state index contributed by atoms with van der Waals surface area (Å²) in [6.07, 6.45) is 3.91. The summed E-state index contributed by atoms with van der Waals surface area (Å²) in [6.45, 7) is 4.54. The molecule has 0 fully saturated rings. The summed E-state index contributed by atoms with van der Waals surface area (Å²) in [6, 6.07) is 116. The van der Waals surface area contributed by atoms with Crippen LogP contribution in [0.1, 0.15) is 33.4 Å². The molecule has 0 amide bonds. The first-order valence-corrected chi connectivity index (χ1v) is 33.0. The van der Waals surface area contributed by atoms with Gasteiger partial charge in [0.2, 0.25) is 0 Å².